The molecule has 3 atom stereocenters. The lowest BCUT2D eigenvalue weighted by molar-refractivity contribution is -0.136. The highest BCUT2D eigenvalue weighted by Gasteiger charge is 2.59. The van der Waals surface area contributed by atoms with E-state index in [0.717, 1.165) is 19.6 Å². The van der Waals surface area contributed by atoms with Crippen LogP contribution in [0, 0.1) is 17.8 Å². The van der Waals surface area contributed by atoms with Gasteiger partial charge in [0.15, 0.2) is 0 Å². The molecule has 2 saturated heterocycles. The molecule has 3 nitrogen and oxygen atoms in total. The number of fused-ring (bicyclic) bond motifs is 1. The molecule has 0 aromatic carbocycles. The normalized spacial score (nSPS) is 41.7. The minimum atomic E-state index is 0.112. The molecule has 1 amide bonds. The van der Waals surface area contributed by atoms with E-state index in [-0.39, 0.29) is 5.54 Å². The zero-order valence-corrected chi connectivity index (χ0v) is 9.62. The molecule has 3 fully saturated rings. The summed E-state index contributed by atoms with van der Waals surface area (Å²) in [4.78, 5) is 14.5. The van der Waals surface area contributed by atoms with Gasteiger partial charge in [0, 0.05) is 18.0 Å². The average molecular weight is 208 g/mol. The summed E-state index contributed by atoms with van der Waals surface area (Å²) in [6.45, 7) is 7.52. The van der Waals surface area contributed by atoms with Gasteiger partial charge >= 0.3 is 0 Å². The summed E-state index contributed by atoms with van der Waals surface area (Å²) in [5.41, 5.74) is 0.112. The van der Waals surface area contributed by atoms with Gasteiger partial charge in [-0.05, 0) is 51.6 Å². The standard InChI is InChI=1S/C12H20N2O/c1-12(2)4-3-5-14(12)11(15)10-8-6-13-7-9(8)10/h8-10,13H,3-7H2,1-2H3/t8-,9+,10?. The van der Waals surface area contributed by atoms with Crippen LogP contribution in [0.4, 0.5) is 0 Å². The van der Waals surface area contributed by atoms with Gasteiger partial charge in [-0.3, -0.25) is 4.79 Å². The number of amides is 1. The van der Waals surface area contributed by atoms with Crippen molar-refractivity contribution in [3.05, 3.63) is 0 Å². The molecule has 3 rings (SSSR count). The van der Waals surface area contributed by atoms with Crippen molar-refractivity contribution >= 4 is 5.91 Å². The van der Waals surface area contributed by atoms with Crippen molar-refractivity contribution in [2.24, 2.45) is 17.8 Å². The van der Waals surface area contributed by atoms with Crippen LogP contribution >= 0.6 is 0 Å². The predicted molar refractivity (Wildman–Crippen MR) is 58.4 cm³/mol. The van der Waals surface area contributed by atoms with Gasteiger partial charge in [0.05, 0.1) is 0 Å². The lowest BCUT2D eigenvalue weighted by atomic mass is 10.0. The third kappa shape index (κ3) is 1.32. The molecule has 15 heavy (non-hydrogen) atoms. The Balaban J connectivity index is 1.71. The Bertz CT molecular complexity index is 290. The summed E-state index contributed by atoms with van der Waals surface area (Å²) >= 11 is 0. The molecule has 2 heterocycles. The molecular formula is C12H20N2O. The number of likely N-dealkylation sites (tertiary alicyclic amines) is 1. The Morgan fingerprint density at radius 2 is 2.00 bits per heavy atom. The smallest absolute Gasteiger partial charge is 0.226 e. The van der Waals surface area contributed by atoms with E-state index in [9.17, 15) is 4.79 Å². The second-order valence-electron chi connectivity index (χ2n) is 5.92. The van der Waals surface area contributed by atoms with Gasteiger partial charge in [-0.15, -0.1) is 0 Å². The van der Waals surface area contributed by atoms with Gasteiger partial charge in [0.1, 0.15) is 0 Å². The number of nitrogens with one attached hydrogen (secondary N) is 1. The SMILES string of the molecule is CC1(C)CCCN1C(=O)C1[C@H]2CNC[C@@H]12. The number of hydrogen-bond acceptors (Lipinski definition) is 2. The molecule has 0 aromatic heterocycles. The van der Waals surface area contributed by atoms with Crippen molar-refractivity contribution in [3.8, 4) is 0 Å². The topological polar surface area (TPSA) is 32.3 Å². The fourth-order valence-corrected chi connectivity index (χ4v) is 3.48. The molecule has 0 aromatic rings. The van der Waals surface area contributed by atoms with E-state index < -0.39 is 0 Å². The van der Waals surface area contributed by atoms with E-state index >= 15 is 0 Å². The summed E-state index contributed by atoms with van der Waals surface area (Å²) < 4.78 is 0. The molecule has 2 aliphatic heterocycles. The van der Waals surface area contributed by atoms with Crippen molar-refractivity contribution in [2.75, 3.05) is 19.6 Å². The molecule has 3 heteroatoms. The van der Waals surface area contributed by atoms with Crippen LogP contribution in [0.3, 0.4) is 0 Å². The highest BCUT2D eigenvalue weighted by Crippen LogP contribution is 2.50. The van der Waals surface area contributed by atoms with Crippen molar-refractivity contribution in [1.29, 1.82) is 0 Å². The highest BCUT2D eigenvalue weighted by molar-refractivity contribution is 5.83. The lowest BCUT2D eigenvalue weighted by Gasteiger charge is -2.32. The van der Waals surface area contributed by atoms with Crippen LogP contribution in [0.5, 0.6) is 0 Å². The molecule has 1 N–H and O–H groups in total. The first kappa shape index (κ1) is 9.64. The van der Waals surface area contributed by atoms with E-state index in [1.165, 1.54) is 12.8 Å². The van der Waals surface area contributed by atoms with Crippen LogP contribution in [0.15, 0.2) is 0 Å². The van der Waals surface area contributed by atoms with Gasteiger partial charge < -0.3 is 10.2 Å². The van der Waals surface area contributed by atoms with Gasteiger partial charge in [0.25, 0.3) is 0 Å². The molecule has 1 unspecified atom stereocenters. The molecule has 3 aliphatic rings. The first-order valence-corrected chi connectivity index (χ1v) is 6.13. The fraction of sp³-hybridized carbons (Fsp3) is 0.917. The van der Waals surface area contributed by atoms with Crippen LogP contribution in [-0.4, -0.2) is 36.0 Å². The Hall–Kier alpha value is -0.570. The van der Waals surface area contributed by atoms with E-state index in [1.807, 2.05) is 0 Å². The molecule has 0 spiro atoms. The van der Waals surface area contributed by atoms with Gasteiger partial charge in [0.2, 0.25) is 5.91 Å². The number of hydrogen-bond donors (Lipinski definition) is 1. The number of nitrogens with zero attached hydrogens (tertiary/aromatic N) is 1. The molecule has 1 saturated carbocycles. The summed E-state index contributed by atoms with van der Waals surface area (Å²) in [6, 6.07) is 0. The summed E-state index contributed by atoms with van der Waals surface area (Å²) in [6.07, 6.45) is 2.35. The van der Waals surface area contributed by atoms with E-state index in [1.54, 1.807) is 0 Å². The lowest BCUT2D eigenvalue weighted by Crippen LogP contribution is -2.44. The Morgan fingerprint density at radius 3 is 2.53 bits per heavy atom. The third-order valence-electron chi connectivity index (χ3n) is 4.54. The quantitative estimate of drug-likeness (QED) is 0.693. The maximum absolute atomic E-state index is 12.3. The monoisotopic (exact) mass is 208 g/mol. The molecule has 1 aliphatic carbocycles. The van der Waals surface area contributed by atoms with Crippen LogP contribution < -0.4 is 5.32 Å². The minimum Gasteiger partial charge on any atom is -0.337 e. The van der Waals surface area contributed by atoms with Crippen molar-refractivity contribution in [1.82, 2.24) is 10.2 Å². The maximum atomic E-state index is 12.3. The second-order valence-corrected chi connectivity index (χ2v) is 5.92. The maximum Gasteiger partial charge on any atom is 0.226 e. The average Bonchev–Trinajstić information content (AvgIpc) is 2.58. The molecule has 84 valence electrons. The van der Waals surface area contributed by atoms with Gasteiger partial charge in [-0.25, -0.2) is 0 Å². The number of carbonyl (C=O) groups excluding carboxylic acids is 1. The zero-order valence-electron chi connectivity index (χ0n) is 9.62. The van der Waals surface area contributed by atoms with E-state index in [2.05, 4.69) is 24.1 Å². The first-order valence-electron chi connectivity index (χ1n) is 6.13. The zero-order chi connectivity index (χ0) is 10.6. The molecule has 0 bridgehead atoms. The number of rotatable bonds is 1. The minimum absolute atomic E-state index is 0.112. The van der Waals surface area contributed by atoms with Gasteiger partial charge in [-0.1, -0.05) is 0 Å². The summed E-state index contributed by atoms with van der Waals surface area (Å²) in [5.74, 6) is 2.13. The highest BCUT2D eigenvalue weighted by atomic mass is 16.2. The third-order valence-corrected chi connectivity index (χ3v) is 4.54. The number of piperidine rings is 1. The van der Waals surface area contributed by atoms with Crippen molar-refractivity contribution in [3.63, 3.8) is 0 Å². The second kappa shape index (κ2) is 2.97. The van der Waals surface area contributed by atoms with E-state index in [0.29, 0.717) is 23.7 Å². The van der Waals surface area contributed by atoms with E-state index in [4.69, 9.17) is 0 Å². The largest absolute Gasteiger partial charge is 0.337 e. The van der Waals surface area contributed by atoms with Crippen LogP contribution in [0.1, 0.15) is 26.7 Å². The van der Waals surface area contributed by atoms with Crippen LogP contribution in [-0.2, 0) is 4.79 Å². The fourth-order valence-electron chi connectivity index (χ4n) is 3.48. The molecular weight excluding hydrogens is 188 g/mol. The Morgan fingerprint density at radius 1 is 1.33 bits per heavy atom. The Labute approximate surface area is 91.2 Å². The first-order chi connectivity index (χ1) is 7.11. The van der Waals surface area contributed by atoms with Crippen LogP contribution in [0.25, 0.3) is 0 Å². The predicted octanol–water partition coefficient (Wildman–Crippen LogP) is 0.853. The van der Waals surface area contributed by atoms with Crippen LogP contribution in [0.2, 0.25) is 0 Å². The summed E-state index contributed by atoms with van der Waals surface area (Å²) in [5, 5.41) is 3.35. The van der Waals surface area contributed by atoms with Crippen molar-refractivity contribution in [2.45, 2.75) is 32.2 Å². The Kier molecular flexibility index (Phi) is 1.91. The van der Waals surface area contributed by atoms with Gasteiger partial charge in [-0.2, -0.15) is 0 Å². The summed E-state index contributed by atoms with van der Waals surface area (Å²) in [7, 11) is 0. The van der Waals surface area contributed by atoms with Crippen molar-refractivity contribution < 1.29 is 4.79 Å². The molecule has 0 radical (unpaired) electrons. The number of carbonyl (C=O) groups is 1.